The molecule has 0 aliphatic carbocycles. The van der Waals surface area contributed by atoms with E-state index >= 15 is 0 Å². The van der Waals surface area contributed by atoms with Gasteiger partial charge in [-0.2, -0.15) is 0 Å². The summed E-state index contributed by atoms with van der Waals surface area (Å²) in [5, 5.41) is 0. The fourth-order valence-corrected chi connectivity index (χ4v) is 1.09. The summed E-state index contributed by atoms with van der Waals surface area (Å²) in [7, 11) is 1.37. The molecule has 3 heteroatoms. The van der Waals surface area contributed by atoms with Gasteiger partial charge in [-0.3, -0.25) is 0 Å². The fraction of sp³-hybridized carbons (Fsp3) is 0.182. The highest BCUT2D eigenvalue weighted by Gasteiger charge is 2.03. The number of hydrogen-bond donors (Lipinski definition) is 1. The Hall–Kier alpha value is -1.61. The van der Waals surface area contributed by atoms with E-state index in [1.165, 1.54) is 7.11 Å². The highest BCUT2D eigenvalue weighted by atomic mass is 16.5. The van der Waals surface area contributed by atoms with Crippen LogP contribution in [0, 0.1) is 0 Å². The van der Waals surface area contributed by atoms with Gasteiger partial charge in [-0.25, -0.2) is 4.79 Å². The van der Waals surface area contributed by atoms with Crippen molar-refractivity contribution >= 4 is 12.0 Å². The number of benzene rings is 1. The van der Waals surface area contributed by atoms with E-state index < -0.39 is 0 Å². The predicted octanol–water partition coefficient (Wildman–Crippen LogP) is 1.45. The normalized spacial score (nSPS) is 10.4. The third kappa shape index (κ3) is 2.71. The minimum absolute atomic E-state index is 0.326. The van der Waals surface area contributed by atoms with Crippen LogP contribution in [0.2, 0.25) is 0 Å². The number of ether oxygens (including phenoxy) is 1. The smallest absolute Gasteiger partial charge is 0.337 e. The van der Waals surface area contributed by atoms with Crippen molar-refractivity contribution in [2.45, 2.75) is 0 Å². The first-order valence-electron chi connectivity index (χ1n) is 4.33. The average molecular weight is 191 g/mol. The maximum atomic E-state index is 11.2. The molecular weight excluding hydrogens is 178 g/mol. The van der Waals surface area contributed by atoms with Crippen LogP contribution < -0.4 is 5.73 Å². The Balaban J connectivity index is 2.89. The van der Waals surface area contributed by atoms with Crippen molar-refractivity contribution in [1.29, 1.82) is 0 Å². The van der Waals surface area contributed by atoms with E-state index in [1.807, 2.05) is 24.3 Å². The third-order valence-corrected chi connectivity index (χ3v) is 1.75. The summed E-state index contributed by atoms with van der Waals surface area (Å²) in [6.45, 7) is 0.489. The van der Waals surface area contributed by atoms with Crippen LogP contribution in [0.15, 0.2) is 30.3 Å². The van der Waals surface area contributed by atoms with Crippen LogP contribution >= 0.6 is 0 Å². The van der Waals surface area contributed by atoms with E-state index in [4.69, 9.17) is 5.73 Å². The van der Waals surface area contributed by atoms with Crippen LogP contribution in [0.25, 0.3) is 6.08 Å². The predicted molar refractivity (Wildman–Crippen MR) is 55.9 cm³/mol. The maximum Gasteiger partial charge on any atom is 0.337 e. The Bertz CT molecular complexity index is 345. The van der Waals surface area contributed by atoms with E-state index in [0.29, 0.717) is 12.1 Å². The van der Waals surface area contributed by atoms with E-state index in [9.17, 15) is 4.79 Å². The lowest BCUT2D eigenvalue weighted by molar-refractivity contribution is 0.0600. The number of carbonyl (C=O) groups is 1. The van der Waals surface area contributed by atoms with Gasteiger partial charge in [-0.05, 0) is 17.7 Å². The van der Waals surface area contributed by atoms with E-state index in [0.717, 1.165) is 5.56 Å². The zero-order valence-electron chi connectivity index (χ0n) is 8.07. The highest BCUT2D eigenvalue weighted by Crippen LogP contribution is 2.07. The molecule has 1 aromatic carbocycles. The summed E-state index contributed by atoms with van der Waals surface area (Å²) >= 11 is 0. The molecule has 0 radical (unpaired) electrons. The van der Waals surface area contributed by atoms with Crippen LogP contribution in [0.1, 0.15) is 15.9 Å². The number of nitrogens with two attached hydrogens (primary N) is 1. The van der Waals surface area contributed by atoms with Crippen molar-refractivity contribution in [3.05, 3.63) is 41.5 Å². The van der Waals surface area contributed by atoms with Gasteiger partial charge in [0.15, 0.2) is 0 Å². The molecule has 1 aromatic rings. The lowest BCUT2D eigenvalue weighted by Crippen LogP contribution is -2.00. The molecule has 1 rings (SSSR count). The Labute approximate surface area is 83.2 Å². The van der Waals surface area contributed by atoms with Gasteiger partial charge in [0.05, 0.1) is 12.7 Å². The first-order valence-corrected chi connectivity index (χ1v) is 4.33. The van der Waals surface area contributed by atoms with Crippen LogP contribution in [-0.2, 0) is 4.74 Å². The number of carbonyl (C=O) groups excluding carboxylic acids is 1. The minimum atomic E-state index is -0.326. The van der Waals surface area contributed by atoms with Crippen LogP contribution in [-0.4, -0.2) is 19.6 Å². The Kier molecular flexibility index (Phi) is 3.88. The second kappa shape index (κ2) is 5.19. The zero-order valence-corrected chi connectivity index (χ0v) is 8.07. The maximum absolute atomic E-state index is 11.2. The number of hydrogen-bond acceptors (Lipinski definition) is 3. The standard InChI is InChI=1S/C11H13NO2/c1-14-11(13)10-6-2-4-9(8-10)5-3-7-12/h2-6,8H,7,12H2,1H3/b5-3+. The molecule has 14 heavy (non-hydrogen) atoms. The first-order chi connectivity index (χ1) is 6.77. The summed E-state index contributed by atoms with van der Waals surface area (Å²) in [5.41, 5.74) is 6.81. The Morgan fingerprint density at radius 1 is 1.57 bits per heavy atom. The van der Waals surface area contributed by atoms with E-state index in [1.54, 1.807) is 12.1 Å². The highest BCUT2D eigenvalue weighted by molar-refractivity contribution is 5.89. The van der Waals surface area contributed by atoms with Crippen molar-refractivity contribution < 1.29 is 9.53 Å². The molecule has 0 spiro atoms. The number of methoxy groups -OCH3 is 1. The SMILES string of the molecule is COC(=O)c1cccc(/C=C/CN)c1. The number of esters is 1. The van der Waals surface area contributed by atoms with Gasteiger partial charge in [-0.15, -0.1) is 0 Å². The molecule has 74 valence electrons. The topological polar surface area (TPSA) is 52.3 Å². The van der Waals surface area contributed by atoms with Gasteiger partial charge in [0.1, 0.15) is 0 Å². The molecule has 0 fully saturated rings. The lowest BCUT2D eigenvalue weighted by atomic mass is 10.1. The fourth-order valence-electron chi connectivity index (χ4n) is 1.09. The van der Waals surface area contributed by atoms with Crippen molar-refractivity contribution in [1.82, 2.24) is 0 Å². The molecule has 0 bridgehead atoms. The Morgan fingerprint density at radius 2 is 2.36 bits per heavy atom. The zero-order chi connectivity index (χ0) is 10.4. The van der Waals surface area contributed by atoms with Crippen molar-refractivity contribution in [3.63, 3.8) is 0 Å². The van der Waals surface area contributed by atoms with Gasteiger partial charge in [-0.1, -0.05) is 24.3 Å². The monoisotopic (exact) mass is 191 g/mol. The molecule has 0 aromatic heterocycles. The Morgan fingerprint density at radius 3 is 3.00 bits per heavy atom. The van der Waals surface area contributed by atoms with E-state index in [-0.39, 0.29) is 5.97 Å². The molecule has 0 saturated carbocycles. The molecule has 2 N–H and O–H groups in total. The lowest BCUT2D eigenvalue weighted by Gasteiger charge is -1.99. The van der Waals surface area contributed by atoms with Crippen LogP contribution in [0.4, 0.5) is 0 Å². The second-order valence-electron chi connectivity index (χ2n) is 2.76. The summed E-state index contributed by atoms with van der Waals surface area (Å²) < 4.78 is 4.61. The van der Waals surface area contributed by atoms with E-state index in [2.05, 4.69) is 4.74 Å². The minimum Gasteiger partial charge on any atom is -0.465 e. The van der Waals surface area contributed by atoms with Crippen LogP contribution in [0.5, 0.6) is 0 Å². The molecule has 0 saturated heterocycles. The quantitative estimate of drug-likeness (QED) is 0.735. The van der Waals surface area contributed by atoms with Crippen LogP contribution in [0.3, 0.4) is 0 Å². The molecule has 0 amide bonds. The molecule has 0 aliphatic heterocycles. The first kappa shape index (κ1) is 10.5. The van der Waals surface area contributed by atoms with Gasteiger partial charge in [0, 0.05) is 6.54 Å². The van der Waals surface area contributed by atoms with Crippen molar-refractivity contribution in [2.24, 2.45) is 5.73 Å². The molecule has 0 aliphatic rings. The number of rotatable bonds is 3. The molecule has 3 nitrogen and oxygen atoms in total. The van der Waals surface area contributed by atoms with Gasteiger partial charge in [0.2, 0.25) is 0 Å². The summed E-state index contributed by atoms with van der Waals surface area (Å²) in [6, 6.07) is 7.19. The summed E-state index contributed by atoms with van der Waals surface area (Å²) in [5.74, 6) is -0.326. The third-order valence-electron chi connectivity index (χ3n) is 1.75. The summed E-state index contributed by atoms with van der Waals surface area (Å²) in [4.78, 5) is 11.2. The van der Waals surface area contributed by atoms with Gasteiger partial charge >= 0.3 is 5.97 Å². The average Bonchev–Trinajstić information content (AvgIpc) is 2.25. The molecule has 0 atom stereocenters. The van der Waals surface area contributed by atoms with Crippen molar-refractivity contribution in [2.75, 3.05) is 13.7 Å². The molecule has 0 heterocycles. The largest absolute Gasteiger partial charge is 0.465 e. The molecular formula is C11H13NO2. The van der Waals surface area contributed by atoms with Crippen molar-refractivity contribution in [3.8, 4) is 0 Å². The molecule has 0 unspecified atom stereocenters. The second-order valence-corrected chi connectivity index (χ2v) is 2.76. The van der Waals surface area contributed by atoms with Gasteiger partial charge in [0.25, 0.3) is 0 Å². The summed E-state index contributed by atoms with van der Waals surface area (Å²) in [6.07, 6.45) is 3.70. The van der Waals surface area contributed by atoms with Gasteiger partial charge < -0.3 is 10.5 Å².